The van der Waals surface area contributed by atoms with Gasteiger partial charge in [-0.25, -0.2) is 0 Å². The molecule has 3 nitrogen and oxygen atoms in total. The smallest absolute Gasteiger partial charge is 0.205 e. The number of benzene rings is 4. The number of aromatic nitrogens is 1. The van der Waals surface area contributed by atoms with Crippen molar-refractivity contribution in [2.75, 3.05) is 4.90 Å². The molecule has 0 fully saturated rings. The molecule has 0 aliphatic heterocycles. The summed E-state index contributed by atoms with van der Waals surface area (Å²) in [4.78, 5) is 7.10. The van der Waals surface area contributed by atoms with Crippen molar-refractivity contribution >= 4 is 39.0 Å². The molecular formula is C37H36N2O. The van der Waals surface area contributed by atoms with Crippen LogP contribution in [0.15, 0.2) is 95.5 Å². The van der Waals surface area contributed by atoms with Crippen molar-refractivity contribution in [3.8, 4) is 11.3 Å². The van der Waals surface area contributed by atoms with Gasteiger partial charge in [0.1, 0.15) is 5.69 Å². The summed E-state index contributed by atoms with van der Waals surface area (Å²) in [6.07, 6.45) is 1.89. The maximum Gasteiger partial charge on any atom is 0.205 e. The minimum absolute atomic E-state index is 0.0132. The van der Waals surface area contributed by atoms with E-state index >= 15 is 0 Å². The van der Waals surface area contributed by atoms with Crippen LogP contribution in [0.1, 0.15) is 48.6 Å². The predicted octanol–water partition coefficient (Wildman–Crippen LogP) is 10.6. The van der Waals surface area contributed by atoms with Crippen molar-refractivity contribution in [3.05, 3.63) is 119 Å². The first-order valence-corrected chi connectivity index (χ1v) is 14.0. The lowest BCUT2D eigenvalue weighted by Crippen LogP contribution is -2.12. The number of fused-ring (bicyclic) bond motifs is 2. The lowest BCUT2D eigenvalue weighted by molar-refractivity contribution is 0.596. The number of anilines is 3. The molecule has 0 amide bonds. The number of aryl methyl sites for hydroxylation is 4. The van der Waals surface area contributed by atoms with E-state index in [-0.39, 0.29) is 5.41 Å². The molecule has 0 saturated heterocycles. The van der Waals surface area contributed by atoms with Crippen molar-refractivity contribution in [3.63, 3.8) is 0 Å². The standard InChI is InChI=1S/C37H36N2O/c1-23-14-24(2)17-30(16-23)39(31-18-25(3)15-26(4)19-31)34-22-28-12-13-38-35(36(28)40-34)29-20-27-10-8-9-11-32(27)33(21-29)37(5,6)7/h8-22H,1-7H3. The lowest BCUT2D eigenvalue weighted by Gasteiger charge is -2.24. The zero-order chi connectivity index (χ0) is 28.2. The zero-order valence-corrected chi connectivity index (χ0v) is 24.5. The van der Waals surface area contributed by atoms with Crippen molar-refractivity contribution < 1.29 is 4.42 Å². The highest BCUT2D eigenvalue weighted by Crippen LogP contribution is 2.42. The highest BCUT2D eigenvalue weighted by atomic mass is 16.4. The third-order valence-corrected chi connectivity index (χ3v) is 7.51. The third kappa shape index (κ3) is 4.77. The SMILES string of the molecule is Cc1cc(C)cc(N(c2cc(C)cc(C)c2)c2cc3ccnc(-c4cc(C(C)(C)C)c5ccccc5c4)c3o2)c1. The minimum Gasteiger partial charge on any atom is -0.437 e. The summed E-state index contributed by atoms with van der Waals surface area (Å²) in [5.74, 6) is 0.774. The summed E-state index contributed by atoms with van der Waals surface area (Å²) in [6.45, 7) is 15.4. The molecule has 0 radical (unpaired) electrons. The van der Waals surface area contributed by atoms with Crippen LogP contribution in [0.25, 0.3) is 33.0 Å². The van der Waals surface area contributed by atoms with Crippen LogP contribution in [0.3, 0.4) is 0 Å². The van der Waals surface area contributed by atoms with Crippen LogP contribution in [0, 0.1) is 27.7 Å². The van der Waals surface area contributed by atoms with E-state index in [0.29, 0.717) is 0 Å². The summed E-state index contributed by atoms with van der Waals surface area (Å²) in [6, 6.07) is 30.6. The summed E-state index contributed by atoms with van der Waals surface area (Å²) < 4.78 is 6.79. The van der Waals surface area contributed by atoms with Gasteiger partial charge in [0.2, 0.25) is 5.88 Å². The molecule has 0 N–H and O–H groups in total. The molecule has 6 aromatic rings. The van der Waals surface area contributed by atoms with Crippen LogP contribution in [0.4, 0.5) is 17.3 Å². The Morgan fingerprint density at radius 1 is 0.650 bits per heavy atom. The maximum atomic E-state index is 6.79. The van der Waals surface area contributed by atoms with Gasteiger partial charge in [-0.3, -0.25) is 9.88 Å². The second-order valence-corrected chi connectivity index (χ2v) is 12.2. The van der Waals surface area contributed by atoms with Gasteiger partial charge in [0.25, 0.3) is 0 Å². The van der Waals surface area contributed by atoms with Gasteiger partial charge >= 0.3 is 0 Å². The van der Waals surface area contributed by atoms with Crippen LogP contribution >= 0.6 is 0 Å². The van der Waals surface area contributed by atoms with E-state index in [0.717, 1.165) is 39.5 Å². The van der Waals surface area contributed by atoms with Crippen LogP contribution in [-0.4, -0.2) is 4.98 Å². The predicted molar refractivity (Wildman–Crippen MR) is 169 cm³/mol. The fourth-order valence-corrected chi connectivity index (χ4v) is 5.90. The van der Waals surface area contributed by atoms with Crippen LogP contribution in [0.2, 0.25) is 0 Å². The molecule has 0 unspecified atom stereocenters. The summed E-state index contributed by atoms with van der Waals surface area (Å²) >= 11 is 0. The molecule has 3 heteroatoms. The highest BCUT2D eigenvalue weighted by Gasteiger charge is 2.22. The lowest BCUT2D eigenvalue weighted by atomic mass is 9.82. The van der Waals surface area contributed by atoms with E-state index < -0.39 is 0 Å². The van der Waals surface area contributed by atoms with E-state index in [1.54, 1.807) is 0 Å². The molecule has 6 rings (SSSR count). The van der Waals surface area contributed by atoms with Crippen molar-refractivity contribution in [1.29, 1.82) is 0 Å². The van der Waals surface area contributed by atoms with Gasteiger partial charge in [-0.1, -0.05) is 57.2 Å². The van der Waals surface area contributed by atoms with Crippen molar-refractivity contribution in [2.24, 2.45) is 0 Å². The maximum absolute atomic E-state index is 6.79. The molecule has 2 aromatic heterocycles. The topological polar surface area (TPSA) is 29.3 Å². The molecule has 4 aromatic carbocycles. The Balaban J connectivity index is 1.58. The van der Waals surface area contributed by atoms with Gasteiger partial charge in [0.15, 0.2) is 5.58 Å². The number of hydrogen-bond donors (Lipinski definition) is 0. The molecule has 0 aliphatic carbocycles. The first-order valence-electron chi connectivity index (χ1n) is 14.0. The van der Waals surface area contributed by atoms with Gasteiger partial charge in [-0.15, -0.1) is 0 Å². The fourth-order valence-electron chi connectivity index (χ4n) is 5.90. The molecule has 0 atom stereocenters. The van der Waals surface area contributed by atoms with Crippen LogP contribution in [0.5, 0.6) is 0 Å². The van der Waals surface area contributed by atoms with Crippen molar-refractivity contribution in [1.82, 2.24) is 4.98 Å². The number of furan rings is 1. The van der Waals surface area contributed by atoms with Gasteiger partial charge in [0, 0.05) is 34.6 Å². The largest absolute Gasteiger partial charge is 0.437 e. The average Bonchev–Trinajstić information content (AvgIpc) is 3.30. The highest BCUT2D eigenvalue weighted by molar-refractivity contribution is 5.97. The molecule has 40 heavy (non-hydrogen) atoms. The van der Waals surface area contributed by atoms with Gasteiger partial charge < -0.3 is 4.42 Å². The van der Waals surface area contributed by atoms with Gasteiger partial charge in [0.05, 0.1) is 0 Å². The van der Waals surface area contributed by atoms with Crippen LogP contribution < -0.4 is 4.90 Å². The first kappa shape index (κ1) is 25.9. The summed E-state index contributed by atoms with van der Waals surface area (Å²) in [5.41, 5.74) is 11.0. The van der Waals surface area contributed by atoms with Crippen LogP contribution in [-0.2, 0) is 5.41 Å². The minimum atomic E-state index is -0.0132. The molecule has 0 spiro atoms. The Labute approximate surface area is 237 Å². The second-order valence-electron chi connectivity index (χ2n) is 12.2. The normalized spacial score (nSPS) is 11.9. The zero-order valence-electron chi connectivity index (χ0n) is 24.5. The molecule has 0 saturated carbocycles. The number of nitrogens with zero attached hydrogens (tertiary/aromatic N) is 2. The van der Waals surface area contributed by atoms with Crippen molar-refractivity contribution in [2.45, 2.75) is 53.9 Å². The number of rotatable bonds is 4. The Kier molecular flexibility index (Phi) is 6.26. The Morgan fingerprint density at radius 3 is 1.85 bits per heavy atom. The Bertz CT molecular complexity index is 1800. The van der Waals surface area contributed by atoms with E-state index in [1.165, 1.54) is 38.6 Å². The first-order chi connectivity index (χ1) is 19.1. The number of pyridine rings is 1. The van der Waals surface area contributed by atoms with E-state index in [4.69, 9.17) is 9.40 Å². The Morgan fingerprint density at radius 2 is 1.25 bits per heavy atom. The fraction of sp³-hybridized carbons (Fsp3) is 0.216. The molecular weight excluding hydrogens is 488 g/mol. The third-order valence-electron chi connectivity index (χ3n) is 7.51. The molecule has 200 valence electrons. The Hall–Kier alpha value is -4.37. The van der Waals surface area contributed by atoms with E-state index in [2.05, 4.69) is 132 Å². The average molecular weight is 525 g/mol. The number of hydrogen-bond acceptors (Lipinski definition) is 3. The summed E-state index contributed by atoms with van der Waals surface area (Å²) in [5, 5.41) is 3.52. The summed E-state index contributed by atoms with van der Waals surface area (Å²) in [7, 11) is 0. The second kappa shape index (κ2) is 9.67. The van der Waals surface area contributed by atoms with Gasteiger partial charge in [-0.05, 0) is 114 Å². The van der Waals surface area contributed by atoms with E-state index in [1.807, 2.05) is 12.3 Å². The molecule has 0 aliphatic rings. The quantitative estimate of drug-likeness (QED) is 0.230. The monoisotopic (exact) mass is 524 g/mol. The van der Waals surface area contributed by atoms with Gasteiger partial charge in [-0.2, -0.15) is 0 Å². The van der Waals surface area contributed by atoms with E-state index in [9.17, 15) is 0 Å². The molecule has 2 heterocycles. The molecule has 0 bridgehead atoms.